The number of carbonyl (C=O) groups is 1. The lowest BCUT2D eigenvalue weighted by atomic mass is 10.1. The van der Waals surface area contributed by atoms with Crippen LogP contribution in [0.2, 0.25) is 0 Å². The Balaban J connectivity index is 1.46. The van der Waals surface area contributed by atoms with E-state index in [0.29, 0.717) is 19.0 Å². The number of guanidine groups is 1. The number of nitro groups is 1. The molecule has 8 heteroatoms. The van der Waals surface area contributed by atoms with Gasteiger partial charge in [-0.15, -0.1) is 0 Å². The number of aryl methyl sites for hydroxylation is 1. The van der Waals surface area contributed by atoms with Gasteiger partial charge in [0.1, 0.15) is 5.75 Å². The molecule has 1 heterocycles. The zero-order valence-corrected chi connectivity index (χ0v) is 14.6. The third kappa shape index (κ3) is 3.46. The number of nitrogens with zero attached hydrogens (tertiary/aromatic N) is 3. The lowest BCUT2D eigenvalue weighted by molar-refractivity contribution is -0.384. The van der Waals surface area contributed by atoms with Crippen molar-refractivity contribution >= 4 is 23.4 Å². The number of hydrogen-bond acceptors (Lipinski definition) is 6. The Bertz CT molecular complexity index is 924. The summed E-state index contributed by atoms with van der Waals surface area (Å²) >= 11 is 0. The number of anilines is 1. The van der Waals surface area contributed by atoms with Gasteiger partial charge in [-0.25, -0.2) is 9.69 Å². The van der Waals surface area contributed by atoms with Gasteiger partial charge in [-0.05, 0) is 48.6 Å². The van der Waals surface area contributed by atoms with Crippen LogP contribution in [0.25, 0.3) is 0 Å². The second-order valence-electron chi connectivity index (χ2n) is 6.40. The lowest BCUT2D eigenvalue weighted by Gasteiger charge is -2.20. The molecule has 1 aliphatic heterocycles. The maximum Gasteiger partial charge on any atom is 0.422 e. The van der Waals surface area contributed by atoms with E-state index >= 15 is 0 Å². The number of benzene rings is 2. The highest BCUT2D eigenvalue weighted by atomic mass is 16.6. The van der Waals surface area contributed by atoms with Crippen LogP contribution in [0.5, 0.6) is 5.75 Å². The second kappa shape index (κ2) is 7.06. The highest BCUT2D eigenvalue weighted by Gasteiger charge is 2.27. The van der Waals surface area contributed by atoms with Crippen LogP contribution in [0, 0.1) is 10.1 Å². The molecule has 1 amide bonds. The Morgan fingerprint density at radius 3 is 2.78 bits per heavy atom. The molecular weight excluding hydrogens is 348 g/mol. The summed E-state index contributed by atoms with van der Waals surface area (Å²) in [4.78, 5) is 28.5. The molecule has 2 aromatic rings. The van der Waals surface area contributed by atoms with E-state index < -0.39 is 11.0 Å². The summed E-state index contributed by atoms with van der Waals surface area (Å²) in [5.41, 5.74) is 3.52. The van der Waals surface area contributed by atoms with E-state index in [2.05, 4.69) is 16.4 Å². The van der Waals surface area contributed by atoms with Crippen molar-refractivity contribution in [1.82, 2.24) is 4.90 Å². The standard InChI is InChI=1S/C19H18N4O4/c24-19(27-15-9-7-14(8-10-15)23(25)26)22-12-11-20-18(22)21-17-6-2-4-13-3-1-5-16(13)17/h2,4,6-10H,1,3,5,11-12H2,(H,20,21). The molecule has 4 rings (SSSR count). The fourth-order valence-electron chi connectivity index (χ4n) is 3.38. The number of fused-ring (bicyclic) bond motifs is 1. The van der Waals surface area contributed by atoms with Gasteiger partial charge >= 0.3 is 6.09 Å². The molecule has 0 aromatic heterocycles. The molecule has 1 N–H and O–H groups in total. The number of rotatable bonds is 3. The number of nitro benzene ring substituents is 1. The zero-order chi connectivity index (χ0) is 18.8. The van der Waals surface area contributed by atoms with Gasteiger partial charge in [0.15, 0.2) is 0 Å². The second-order valence-corrected chi connectivity index (χ2v) is 6.40. The van der Waals surface area contributed by atoms with Crippen molar-refractivity contribution in [2.75, 3.05) is 18.4 Å². The monoisotopic (exact) mass is 366 g/mol. The molecule has 8 nitrogen and oxygen atoms in total. The zero-order valence-electron chi connectivity index (χ0n) is 14.6. The molecule has 2 aromatic carbocycles. The maximum atomic E-state index is 12.5. The molecule has 138 valence electrons. The first-order valence-electron chi connectivity index (χ1n) is 8.78. The molecule has 0 unspecified atom stereocenters. The topological polar surface area (TPSA) is 97.1 Å². The van der Waals surface area contributed by atoms with Gasteiger partial charge in [0.25, 0.3) is 5.69 Å². The van der Waals surface area contributed by atoms with Crippen LogP contribution in [-0.4, -0.2) is 35.0 Å². The fraction of sp³-hybridized carbons (Fsp3) is 0.263. The first-order chi connectivity index (χ1) is 13.1. The summed E-state index contributed by atoms with van der Waals surface area (Å²) in [6, 6.07) is 11.5. The van der Waals surface area contributed by atoms with Crippen LogP contribution < -0.4 is 10.1 Å². The average Bonchev–Trinajstić information content (AvgIpc) is 3.32. The number of amides is 1. The van der Waals surface area contributed by atoms with E-state index in [9.17, 15) is 14.9 Å². The molecule has 27 heavy (non-hydrogen) atoms. The summed E-state index contributed by atoms with van der Waals surface area (Å²) in [7, 11) is 0. The maximum absolute atomic E-state index is 12.5. The van der Waals surface area contributed by atoms with Crippen LogP contribution in [0.3, 0.4) is 0 Å². The normalized spacial score (nSPS) is 15.3. The summed E-state index contributed by atoms with van der Waals surface area (Å²) in [6.07, 6.45) is 2.65. The number of carbonyl (C=O) groups excluding carboxylic acids is 1. The highest BCUT2D eigenvalue weighted by Crippen LogP contribution is 2.29. The molecule has 0 radical (unpaired) electrons. The van der Waals surface area contributed by atoms with E-state index in [-0.39, 0.29) is 11.4 Å². The van der Waals surface area contributed by atoms with Crippen molar-refractivity contribution in [1.29, 1.82) is 0 Å². The Hall–Kier alpha value is -3.42. The molecule has 0 spiro atoms. The van der Waals surface area contributed by atoms with Crippen molar-refractivity contribution in [3.8, 4) is 5.75 Å². The third-order valence-corrected chi connectivity index (χ3v) is 4.71. The smallest absolute Gasteiger partial charge is 0.410 e. The van der Waals surface area contributed by atoms with Gasteiger partial charge in [0.2, 0.25) is 5.96 Å². The average molecular weight is 366 g/mol. The summed E-state index contributed by atoms with van der Waals surface area (Å²) in [6.45, 7) is 0.913. The predicted molar refractivity (Wildman–Crippen MR) is 100 cm³/mol. The quantitative estimate of drug-likeness (QED) is 0.663. The Morgan fingerprint density at radius 1 is 1.19 bits per heavy atom. The minimum Gasteiger partial charge on any atom is -0.410 e. The van der Waals surface area contributed by atoms with E-state index in [1.807, 2.05) is 12.1 Å². The SMILES string of the molecule is O=C(Oc1ccc([N+](=O)[O-])cc1)N1CCN=C1Nc1cccc2c1CCC2. The van der Waals surface area contributed by atoms with Crippen LogP contribution in [0.1, 0.15) is 17.5 Å². The number of hydrogen-bond donors (Lipinski definition) is 1. The van der Waals surface area contributed by atoms with E-state index in [1.54, 1.807) is 0 Å². The Morgan fingerprint density at radius 2 is 2.00 bits per heavy atom. The molecule has 1 aliphatic carbocycles. The number of nitrogens with one attached hydrogen (secondary N) is 1. The predicted octanol–water partition coefficient (Wildman–Crippen LogP) is 3.37. The highest BCUT2D eigenvalue weighted by molar-refractivity contribution is 6.04. The van der Waals surface area contributed by atoms with Crippen molar-refractivity contribution in [3.05, 3.63) is 63.7 Å². The minimum absolute atomic E-state index is 0.0576. The summed E-state index contributed by atoms with van der Waals surface area (Å²) in [5, 5.41) is 14.0. The van der Waals surface area contributed by atoms with Crippen LogP contribution in [-0.2, 0) is 12.8 Å². The molecule has 2 aliphatic rings. The van der Waals surface area contributed by atoms with Crippen molar-refractivity contribution < 1.29 is 14.5 Å². The number of aliphatic imine (C=N–C) groups is 1. The van der Waals surface area contributed by atoms with Crippen LogP contribution >= 0.6 is 0 Å². The molecule has 0 bridgehead atoms. The first-order valence-corrected chi connectivity index (χ1v) is 8.78. The summed E-state index contributed by atoms with van der Waals surface area (Å²) in [5.74, 6) is 0.708. The Kier molecular flexibility index (Phi) is 4.45. The van der Waals surface area contributed by atoms with Gasteiger partial charge in [0.05, 0.1) is 18.0 Å². The third-order valence-electron chi connectivity index (χ3n) is 4.71. The molecule has 0 saturated carbocycles. The van der Waals surface area contributed by atoms with Gasteiger partial charge in [0, 0.05) is 17.8 Å². The number of ether oxygens (including phenoxy) is 1. The van der Waals surface area contributed by atoms with E-state index in [0.717, 1.165) is 24.9 Å². The van der Waals surface area contributed by atoms with Crippen molar-refractivity contribution in [3.63, 3.8) is 0 Å². The van der Waals surface area contributed by atoms with Crippen LogP contribution in [0.15, 0.2) is 47.5 Å². The van der Waals surface area contributed by atoms with Gasteiger partial charge in [-0.2, -0.15) is 0 Å². The fourth-order valence-corrected chi connectivity index (χ4v) is 3.38. The number of non-ortho nitro benzene ring substituents is 1. The van der Waals surface area contributed by atoms with Crippen LogP contribution in [0.4, 0.5) is 16.2 Å². The van der Waals surface area contributed by atoms with E-state index in [1.165, 1.54) is 40.3 Å². The molecule has 0 saturated heterocycles. The van der Waals surface area contributed by atoms with Crippen molar-refractivity contribution in [2.24, 2.45) is 4.99 Å². The van der Waals surface area contributed by atoms with Gasteiger partial charge < -0.3 is 10.1 Å². The molecular formula is C19H18N4O4. The van der Waals surface area contributed by atoms with Gasteiger partial charge in [-0.1, -0.05) is 12.1 Å². The van der Waals surface area contributed by atoms with Crippen molar-refractivity contribution in [2.45, 2.75) is 19.3 Å². The largest absolute Gasteiger partial charge is 0.422 e. The lowest BCUT2D eigenvalue weighted by Crippen LogP contribution is -2.40. The molecule has 0 atom stereocenters. The minimum atomic E-state index is -0.569. The van der Waals surface area contributed by atoms with E-state index in [4.69, 9.17) is 4.74 Å². The Labute approximate surface area is 155 Å². The summed E-state index contributed by atoms with van der Waals surface area (Å²) < 4.78 is 5.34. The first kappa shape index (κ1) is 17.0. The van der Waals surface area contributed by atoms with Gasteiger partial charge in [-0.3, -0.25) is 15.1 Å². The molecule has 0 fully saturated rings.